The molecule has 0 atom stereocenters. The summed E-state index contributed by atoms with van der Waals surface area (Å²) in [5.74, 6) is 0.0867. The van der Waals surface area contributed by atoms with Crippen molar-refractivity contribution < 1.29 is 22.4 Å². The number of alkyl halides is 3. The number of amides is 1. The molecule has 2 aromatic rings. The minimum Gasteiger partial charge on any atom is -0.465 e. The van der Waals surface area contributed by atoms with Gasteiger partial charge < -0.3 is 9.73 Å². The summed E-state index contributed by atoms with van der Waals surface area (Å²) in [5.41, 5.74) is 0.158. The average molecular weight is 409 g/mol. The van der Waals surface area contributed by atoms with Crippen molar-refractivity contribution >= 4 is 11.6 Å². The molecule has 0 aliphatic rings. The lowest BCUT2D eigenvalue weighted by Crippen LogP contribution is -2.27. The lowest BCUT2D eigenvalue weighted by Gasteiger charge is -2.18. The van der Waals surface area contributed by atoms with Crippen LogP contribution in [0.3, 0.4) is 0 Å². The Morgan fingerprint density at radius 3 is 2.07 bits per heavy atom. The van der Waals surface area contributed by atoms with E-state index in [4.69, 9.17) is 4.42 Å². The standard InChI is InChI=1S/C22H26F3NO3/c1-6-9-17-18(20(27)12(4)13(5)29-17)21(28)26-19-14(7-2)10-16(22(23,24)25)11-15(19)8-3/h10-11H,6-9H2,1-5H3,(H,26,28). The largest absolute Gasteiger partial charge is 0.465 e. The average Bonchev–Trinajstić information content (AvgIpc) is 2.65. The van der Waals surface area contributed by atoms with Gasteiger partial charge in [-0.3, -0.25) is 9.59 Å². The summed E-state index contributed by atoms with van der Waals surface area (Å²) in [5, 5.41) is 2.70. The maximum atomic E-state index is 13.2. The summed E-state index contributed by atoms with van der Waals surface area (Å²) in [4.78, 5) is 25.8. The third-order valence-electron chi connectivity index (χ3n) is 4.98. The van der Waals surface area contributed by atoms with Crippen LogP contribution in [-0.2, 0) is 25.4 Å². The van der Waals surface area contributed by atoms with Crippen molar-refractivity contribution in [3.8, 4) is 0 Å². The molecule has 0 fully saturated rings. The van der Waals surface area contributed by atoms with E-state index < -0.39 is 23.1 Å². The Kier molecular flexibility index (Phi) is 6.93. The summed E-state index contributed by atoms with van der Waals surface area (Å²) in [6, 6.07) is 2.09. The molecule has 0 saturated heterocycles. The summed E-state index contributed by atoms with van der Waals surface area (Å²) < 4.78 is 45.3. The van der Waals surface area contributed by atoms with E-state index >= 15 is 0 Å². The number of anilines is 1. The van der Waals surface area contributed by atoms with Crippen LogP contribution in [0.1, 0.15) is 71.3 Å². The van der Waals surface area contributed by atoms with Gasteiger partial charge in [-0.2, -0.15) is 13.2 Å². The van der Waals surface area contributed by atoms with Gasteiger partial charge in [0.2, 0.25) is 5.43 Å². The second-order valence-corrected chi connectivity index (χ2v) is 6.99. The van der Waals surface area contributed by atoms with Gasteiger partial charge in [0.25, 0.3) is 5.91 Å². The molecule has 0 bridgehead atoms. The second kappa shape index (κ2) is 8.84. The molecular formula is C22H26F3NO3. The Hall–Kier alpha value is -2.57. The molecule has 1 aromatic heterocycles. The summed E-state index contributed by atoms with van der Waals surface area (Å²) in [7, 11) is 0. The van der Waals surface area contributed by atoms with Gasteiger partial charge in [0.1, 0.15) is 17.1 Å². The molecule has 4 nitrogen and oxygen atoms in total. The Labute approximate surface area is 168 Å². The van der Waals surface area contributed by atoms with E-state index in [1.54, 1.807) is 27.7 Å². The normalized spacial score (nSPS) is 11.6. The van der Waals surface area contributed by atoms with Gasteiger partial charge in [0, 0.05) is 17.7 Å². The van der Waals surface area contributed by atoms with Crippen molar-refractivity contribution in [3.63, 3.8) is 0 Å². The van der Waals surface area contributed by atoms with E-state index in [9.17, 15) is 22.8 Å². The van der Waals surface area contributed by atoms with Crippen molar-refractivity contribution in [1.29, 1.82) is 0 Å². The van der Waals surface area contributed by atoms with Gasteiger partial charge in [-0.05, 0) is 56.4 Å². The molecule has 0 spiro atoms. The lowest BCUT2D eigenvalue weighted by molar-refractivity contribution is -0.137. The number of carbonyl (C=O) groups is 1. The van der Waals surface area contributed by atoms with E-state index in [-0.39, 0.29) is 5.56 Å². The van der Waals surface area contributed by atoms with Gasteiger partial charge >= 0.3 is 6.18 Å². The second-order valence-electron chi connectivity index (χ2n) is 6.99. The summed E-state index contributed by atoms with van der Waals surface area (Å²) in [6.45, 7) is 8.59. The van der Waals surface area contributed by atoms with Crippen LogP contribution in [0.4, 0.5) is 18.9 Å². The Morgan fingerprint density at radius 1 is 1.07 bits per heavy atom. The first-order chi connectivity index (χ1) is 13.5. The minimum absolute atomic E-state index is 0.0843. The molecule has 2 rings (SSSR count). The third-order valence-corrected chi connectivity index (χ3v) is 4.98. The highest BCUT2D eigenvalue weighted by molar-refractivity contribution is 6.05. The molecule has 0 aliphatic heterocycles. The molecular weight excluding hydrogens is 383 g/mol. The van der Waals surface area contributed by atoms with Crippen LogP contribution >= 0.6 is 0 Å². The fourth-order valence-electron chi connectivity index (χ4n) is 3.24. The maximum absolute atomic E-state index is 13.2. The number of hydrogen-bond donors (Lipinski definition) is 1. The molecule has 1 heterocycles. The molecule has 1 aromatic carbocycles. The Balaban J connectivity index is 2.59. The van der Waals surface area contributed by atoms with Crippen LogP contribution in [0.2, 0.25) is 0 Å². The molecule has 0 saturated carbocycles. The van der Waals surface area contributed by atoms with Crippen LogP contribution in [0.5, 0.6) is 0 Å². The number of nitrogens with one attached hydrogen (secondary N) is 1. The number of aryl methyl sites for hydroxylation is 4. The fourth-order valence-corrected chi connectivity index (χ4v) is 3.24. The van der Waals surface area contributed by atoms with Crippen LogP contribution in [-0.4, -0.2) is 5.91 Å². The van der Waals surface area contributed by atoms with Crippen molar-refractivity contribution in [1.82, 2.24) is 0 Å². The Morgan fingerprint density at radius 2 is 1.62 bits per heavy atom. The molecule has 1 amide bonds. The van der Waals surface area contributed by atoms with Gasteiger partial charge in [0.05, 0.1) is 5.56 Å². The zero-order valence-electron chi connectivity index (χ0n) is 17.3. The highest BCUT2D eigenvalue weighted by atomic mass is 19.4. The SMILES string of the molecule is CCCc1oc(C)c(C)c(=O)c1C(=O)Nc1c(CC)cc(C(F)(F)F)cc1CC. The first-order valence-electron chi connectivity index (χ1n) is 9.72. The summed E-state index contributed by atoms with van der Waals surface area (Å²) in [6.07, 6.45) is -2.79. The zero-order valence-corrected chi connectivity index (χ0v) is 17.3. The van der Waals surface area contributed by atoms with Crippen molar-refractivity contribution in [3.05, 3.63) is 61.7 Å². The zero-order chi connectivity index (χ0) is 21.9. The highest BCUT2D eigenvalue weighted by Gasteiger charge is 2.32. The van der Waals surface area contributed by atoms with Crippen molar-refractivity contribution in [2.75, 3.05) is 5.32 Å². The first kappa shape index (κ1) is 22.7. The molecule has 1 N–H and O–H groups in total. The van der Waals surface area contributed by atoms with Crippen molar-refractivity contribution in [2.45, 2.75) is 66.5 Å². The van der Waals surface area contributed by atoms with Gasteiger partial charge in [-0.25, -0.2) is 0 Å². The van der Waals surface area contributed by atoms with Crippen molar-refractivity contribution in [2.24, 2.45) is 0 Å². The van der Waals surface area contributed by atoms with Gasteiger partial charge in [0.15, 0.2) is 0 Å². The number of halogens is 3. The predicted octanol–water partition coefficient (Wildman–Crippen LogP) is 5.61. The number of benzene rings is 1. The van der Waals surface area contributed by atoms with E-state index in [0.29, 0.717) is 59.6 Å². The molecule has 158 valence electrons. The van der Waals surface area contributed by atoms with Gasteiger partial charge in [-0.15, -0.1) is 0 Å². The maximum Gasteiger partial charge on any atom is 0.416 e. The van der Waals surface area contributed by atoms with Crippen LogP contribution in [0.25, 0.3) is 0 Å². The monoisotopic (exact) mass is 409 g/mol. The number of carbonyl (C=O) groups excluding carboxylic acids is 1. The lowest BCUT2D eigenvalue weighted by atomic mass is 9.98. The van der Waals surface area contributed by atoms with Crippen LogP contribution in [0.15, 0.2) is 21.3 Å². The molecule has 0 radical (unpaired) electrons. The highest BCUT2D eigenvalue weighted by Crippen LogP contribution is 2.35. The summed E-state index contributed by atoms with van der Waals surface area (Å²) >= 11 is 0. The quantitative estimate of drug-likeness (QED) is 0.675. The third kappa shape index (κ3) is 4.71. The van der Waals surface area contributed by atoms with E-state index in [0.717, 1.165) is 12.1 Å². The molecule has 0 unspecified atom stereocenters. The smallest absolute Gasteiger partial charge is 0.416 e. The number of rotatable bonds is 6. The van der Waals surface area contributed by atoms with E-state index in [2.05, 4.69) is 5.32 Å². The fraction of sp³-hybridized carbons (Fsp3) is 0.455. The molecule has 29 heavy (non-hydrogen) atoms. The minimum atomic E-state index is -4.47. The predicted molar refractivity (Wildman–Crippen MR) is 107 cm³/mol. The Bertz CT molecular complexity index is 949. The van der Waals surface area contributed by atoms with Gasteiger partial charge in [-0.1, -0.05) is 20.8 Å². The number of hydrogen-bond acceptors (Lipinski definition) is 3. The van der Waals surface area contributed by atoms with E-state index in [1.807, 2.05) is 6.92 Å². The topological polar surface area (TPSA) is 59.3 Å². The van der Waals surface area contributed by atoms with Crippen LogP contribution < -0.4 is 10.7 Å². The molecule has 7 heteroatoms. The molecule has 0 aliphatic carbocycles. The van der Waals surface area contributed by atoms with Crippen LogP contribution in [0, 0.1) is 13.8 Å². The van der Waals surface area contributed by atoms with E-state index in [1.165, 1.54) is 0 Å². The first-order valence-corrected chi connectivity index (χ1v) is 9.72.